The summed E-state index contributed by atoms with van der Waals surface area (Å²) in [6.45, 7) is 4.21. The molecule has 2 aromatic heterocycles. The second-order valence-corrected chi connectivity index (χ2v) is 6.00. The first-order chi connectivity index (χ1) is 9.04. The van der Waals surface area contributed by atoms with Gasteiger partial charge in [-0.2, -0.15) is 0 Å². The largest absolute Gasteiger partial charge is 0.464 e. The van der Waals surface area contributed by atoms with E-state index < -0.39 is 0 Å². The molecule has 2 amide bonds. The normalized spacial score (nSPS) is 12.2. The molecule has 4 nitrogen and oxygen atoms in total. The third-order valence-electron chi connectivity index (χ3n) is 2.59. The van der Waals surface area contributed by atoms with Gasteiger partial charge in [-0.1, -0.05) is 11.6 Å². The van der Waals surface area contributed by atoms with Crippen LogP contribution in [0.1, 0.15) is 29.4 Å². The highest BCUT2D eigenvalue weighted by Crippen LogP contribution is 2.21. The Balaban J connectivity index is 1.81. The molecule has 0 bridgehead atoms. The van der Waals surface area contributed by atoms with Crippen LogP contribution in [0.3, 0.4) is 0 Å². The van der Waals surface area contributed by atoms with Crippen molar-refractivity contribution < 1.29 is 9.21 Å². The van der Waals surface area contributed by atoms with Crippen LogP contribution in [0.15, 0.2) is 28.7 Å². The minimum absolute atomic E-state index is 0.166. The summed E-state index contributed by atoms with van der Waals surface area (Å²) in [5, 5.41) is 5.59. The maximum absolute atomic E-state index is 11.7. The van der Waals surface area contributed by atoms with Gasteiger partial charge < -0.3 is 15.1 Å². The van der Waals surface area contributed by atoms with E-state index in [1.165, 1.54) is 11.3 Å². The van der Waals surface area contributed by atoms with Crippen molar-refractivity contribution in [1.82, 2.24) is 10.6 Å². The van der Waals surface area contributed by atoms with Crippen molar-refractivity contribution in [3.8, 4) is 0 Å². The zero-order chi connectivity index (χ0) is 13.8. The number of aryl methyl sites for hydroxylation is 1. The average molecular weight is 299 g/mol. The van der Waals surface area contributed by atoms with Crippen molar-refractivity contribution in [2.45, 2.75) is 26.4 Å². The third-order valence-corrected chi connectivity index (χ3v) is 3.82. The Morgan fingerprint density at radius 1 is 1.42 bits per heavy atom. The van der Waals surface area contributed by atoms with Gasteiger partial charge >= 0.3 is 6.03 Å². The zero-order valence-corrected chi connectivity index (χ0v) is 12.3. The van der Waals surface area contributed by atoms with Crippen LogP contribution in [-0.4, -0.2) is 6.03 Å². The van der Waals surface area contributed by atoms with E-state index in [1.54, 1.807) is 0 Å². The van der Waals surface area contributed by atoms with Gasteiger partial charge in [0, 0.05) is 4.88 Å². The molecule has 0 spiro atoms. The van der Waals surface area contributed by atoms with Crippen LogP contribution in [0.25, 0.3) is 0 Å². The molecule has 1 atom stereocenters. The van der Waals surface area contributed by atoms with Gasteiger partial charge in [-0.25, -0.2) is 4.79 Å². The Labute approximate surface area is 120 Å². The minimum Gasteiger partial charge on any atom is -0.464 e. The van der Waals surface area contributed by atoms with Crippen molar-refractivity contribution in [3.05, 3.63) is 45.0 Å². The van der Waals surface area contributed by atoms with Gasteiger partial charge in [0.1, 0.15) is 11.5 Å². The number of thiophene rings is 1. The first-order valence-corrected chi connectivity index (χ1v) is 7.09. The second-order valence-electron chi connectivity index (χ2n) is 4.20. The van der Waals surface area contributed by atoms with E-state index in [9.17, 15) is 4.79 Å². The summed E-state index contributed by atoms with van der Waals surface area (Å²) in [5.74, 6) is 1.57. The maximum Gasteiger partial charge on any atom is 0.315 e. The number of carbonyl (C=O) groups is 1. The molecule has 0 aliphatic carbocycles. The summed E-state index contributed by atoms with van der Waals surface area (Å²) in [4.78, 5) is 12.7. The number of urea groups is 1. The molecule has 2 N–H and O–H groups in total. The first kappa shape index (κ1) is 14.0. The molecule has 0 saturated heterocycles. The third kappa shape index (κ3) is 4.01. The molecule has 0 radical (unpaired) electrons. The fourth-order valence-corrected chi connectivity index (χ4v) is 2.65. The fraction of sp³-hybridized carbons (Fsp3) is 0.308. The van der Waals surface area contributed by atoms with E-state index >= 15 is 0 Å². The summed E-state index contributed by atoms with van der Waals surface area (Å²) in [6, 6.07) is 7.05. The van der Waals surface area contributed by atoms with E-state index in [-0.39, 0.29) is 12.1 Å². The molecule has 1 unspecified atom stereocenters. The highest BCUT2D eigenvalue weighted by molar-refractivity contribution is 7.16. The first-order valence-electron chi connectivity index (χ1n) is 5.89. The fourth-order valence-electron chi connectivity index (χ4n) is 1.62. The van der Waals surface area contributed by atoms with Gasteiger partial charge in [0.25, 0.3) is 0 Å². The molecule has 0 fully saturated rings. The Morgan fingerprint density at radius 3 is 2.79 bits per heavy atom. The lowest BCUT2D eigenvalue weighted by Gasteiger charge is -2.12. The van der Waals surface area contributed by atoms with Crippen LogP contribution in [0.4, 0.5) is 4.79 Å². The molecule has 6 heteroatoms. The summed E-state index contributed by atoms with van der Waals surface area (Å²) in [6.07, 6.45) is 0. The van der Waals surface area contributed by atoms with Crippen molar-refractivity contribution in [1.29, 1.82) is 0 Å². The van der Waals surface area contributed by atoms with Crippen LogP contribution in [0.2, 0.25) is 4.34 Å². The van der Waals surface area contributed by atoms with Gasteiger partial charge in [0.05, 0.1) is 16.9 Å². The molecule has 0 aliphatic heterocycles. The van der Waals surface area contributed by atoms with Gasteiger partial charge in [-0.3, -0.25) is 0 Å². The van der Waals surface area contributed by atoms with Crippen molar-refractivity contribution in [2.75, 3.05) is 0 Å². The highest BCUT2D eigenvalue weighted by atomic mass is 35.5. The predicted molar refractivity (Wildman–Crippen MR) is 76.6 cm³/mol. The number of hydrogen-bond acceptors (Lipinski definition) is 3. The lowest BCUT2D eigenvalue weighted by molar-refractivity contribution is 0.235. The second kappa shape index (κ2) is 6.12. The average Bonchev–Trinajstić information content (AvgIpc) is 2.95. The number of furan rings is 1. The number of amides is 2. The smallest absolute Gasteiger partial charge is 0.315 e. The molecule has 2 aromatic rings. The molecule has 19 heavy (non-hydrogen) atoms. The Bertz CT molecular complexity index is 564. The Morgan fingerprint density at radius 2 is 2.21 bits per heavy atom. The molecule has 2 heterocycles. The van der Waals surface area contributed by atoms with Gasteiger partial charge in [0.2, 0.25) is 0 Å². The van der Waals surface area contributed by atoms with E-state index in [0.29, 0.717) is 6.54 Å². The minimum atomic E-state index is -0.230. The number of hydrogen-bond donors (Lipinski definition) is 2. The van der Waals surface area contributed by atoms with E-state index in [2.05, 4.69) is 10.6 Å². The molecule has 2 rings (SSSR count). The lowest BCUT2D eigenvalue weighted by Crippen LogP contribution is -2.36. The summed E-state index contributed by atoms with van der Waals surface area (Å²) >= 11 is 7.27. The van der Waals surface area contributed by atoms with Gasteiger partial charge in [-0.05, 0) is 38.1 Å². The van der Waals surface area contributed by atoms with Crippen molar-refractivity contribution in [3.63, 3.8) is 0 Å². The summed E-state index contributed by atoms with van der Waals surface area (Å²) in [5.41, 5.74) is 0. The molecule has 0 aliphatic rings. The summed E-state index contributed by atoms with van der Waals surface area (Å²) in [7, 11) is 0. The van der Waals surface area contributed by atoms with Crippen LogP contribution >= 0.6 is 22.9 Å². The zero-order valence-electron chi connectivity index (χ0n) is 10.7. The quantitative estimate of drug-likeness (QED) is 0.900. The molecular formula is C13H15ClN2O2S. The van der Waals surface area contributed by atoms with Crippen LogP contribution in [0.5, 0.6) is 0 Å². The highest BCUT2D eigenvalue weighted by Gasteiger charge is 2.12. The van der Waals surface area contributed by atoms with Crippen molar-refractivity contribution in [2.24, 2.45) is 0 Å². The van der Waals surface area contributed by atoms with Crippen LogP contribution in [-0.2, 0) is 6.54 Å². The number of nitrogens with one attached hydrogen (secondary N) is 2. The molecule has 0 aromatic carbocycles. The standard InChI is InChI=1S/C13H15ClN2O2S/c1-8-3-5-11(18-8)9(2)16-13(17)15-7-10-4-6-12(14)19-10/h3-6,9H,7H2,1-2H3,(H2,15,16,17). The molecular weight excluding hydrogens is 284 g/mol. The van der Waals surface area contributed by atoms with E-state index in [0.717, 1.165) is 20.7 Å². The predicted octanol–water partition coefficient (Wildman–Crippen LogP) is 3.86. The number of carbonyl (C=O) groups excluding carboxylic acids is 1. The topological polar surface area (TPSA) is 54.3 Å². The van der Waals surface area contributed by atoms with Crippen LogP contribution < -0.4 is 10.6 Å². The number of halogens is 1. The molecule has 102 valence electrons. The van der Waals surface area contributed by atoms with Crippen LogP contribution in [0, 0.1) is 6.92 Å². The Hall–Kier alpha value is -1.46. The van der Waals surface area contributed by atoms with E-state index in [1.807, 2.05) is 38.1 Å². The maximum atomic E-state index is 11.7. The SMILES string of the molecule is Cc1ccc(C(C)NC(=O)NCc2ccc(Cl)s2)o1. The Kier molecular flexibility index (Phi) is 4.50. The molecule has 0 saturated carbocycles. The number of rotatable bonds is 4. The van der Waals surface area contributed by atoms with Crippen molar-refractivity contribution >= 4 is 29.0 Å². The lowest BCUT2D eigenvalue weighted by atomic mass is 10.2. The van der Waals surface area contributed by atoms with Gasteiger partial charge in [-0.15, -0.1) is 11.3 Å². The summed E-state index contributed by atoms with van der Waals surface area (Å²) < 4.78 is 6.17. The van der Waals surface area contributed by atoms with Gasteiger partial charge in [0.15, 0.2) is 0 Å². The van der Waals surface area contributed by atoms with E-state index in [4.69, 9.17) is 16.0 Å². The monoisotopic (exact) mass is 298 g/mol.